The number of imidazole rings is 1. The summed E-state index contributed by atoms with van der Waals surface area (Å²) in [4.78, 5) is 35.7. The molecule has 0 aliphatic heterocycles. The van der Waals surface area contributed by atoms with Crippen molar-refractivity contribution in [1.29, 1.82) is 0 Å². The lowest BCUT2D eigenvalue weighted by Gasteiger charge is -2.19. The average Bonchev–Trinajstić information content (AvgIpc) is 3.50. The number of nitrogens with one attached hydrogen (secondary N) is 2. The monoisotopic (exact) mass is 536 g/mol. The van der Waals surface area contributed by atoms with Crippen LogP contribution in [0.25, 0.3) is 16.9 Å². The predicted molar refractivity (Wildman–Crippen MR) is 143 cm³/mol. The van der Waals surface area contributed by atoms with Crippen LogP contribution in [0.15, 0.2) is 49.2 Å². The maximum atomic E-state index is 11.7. The number of fused-ring (bicyclic) bond motifs is 1. The minimum absolute atomic E-state index is 0.0727. The van der Waals surface area contributed by atoms with Gasteiger partial charge in [-0.15, -0.1) is 0 Å². The number of aryl methyl sites for hydroxylation is 1. The van der Waals surface area contributed by atoms with Gasteiger partial charge in [-0.25, -0.2) is 14.8 Å². The molecule has 13 nitrogen and oxygen atoms in total. The van der Waals surface area contributed by atoms with Gasteiger partial charge in [0.2, 0.25) is 5.95 Å². The number of hydrogen-bond donors (Lipinski definition) is 3. The molecule has 3 aromatic heterocycles. The number of aliphatic carboxylic acids is 1. The molecule has 0 saturated heterocycles. The minimum atomic E-state index is -0.838. The minimum Gasteiger partial charge on any atom is -0.494 e. The highest BCUT2D eigenvalue weighted by molar-refractivity contribution is 5.74. The van der Waals surface area contributed by atoms with Crippen molar-refractivity contribution < 1.29 is 24.2 Å². The number of alkyl carbamates (subject to hydrolysis) is 1. The summed E-state index contributed by atoms with van der Waals surface area (Å²) < 4.78 is 14.4. The third-order valence-corrected chi connectivity index (χ3v) is 5.33. The number of anilines is 2. The van der Waals surface area contributed by atoms with Crippen molar-refractivity contribution in [3.05, 3.63) is 49.2 Å². The predicted octanol–water partition coefficient (Wildman–Crippen LogP) is 3.91. The van der Waals surface area contributed by atoms with Crippen LogP contribution in [-0.2, 0) is 16.1 Å². The molecular formula is C26H32N8O5. The first-order valence-corrected chi connectivity index (χ1v) is 12.6. The second-order valence-corrected chi connectivity index (χ2v) is 9.76. The molecule has 0 atom stereocenters. The zero-order chi connectivity index (χ0) is 27.8. The summed E-state index contributed by atoms with van der Waals surface area (Å²) in [5, 5.41) is 19.0. The number of nitrogens with zero attached hydrogens (tertiary/aromatic N) is 6. The summed E-state index contributed by atoms with van der Waals surface area (Å²) in [7, 11) is 0. The fourth-order valence-electron chi connectivity index (χ4n) is 3.60. The molecular weight excluding hydrogens is 504 g/mol. The van der Waals surface area contributed by atoms with Crippen LogP contribution in [0.2, 0.25) is 0 Å². The third-order valence-electron chi connectivity index (χ3n) is 5.33. The number of hydrogen-bond acceptors (Lipinski definition) is 9. The van der Waals surface area contributed by atoms with Gasteiger partial charge in [0.15, 0.2) is 5.65 Å². The van der Waals surface area contributed by atoms with Crippen molar-refractivity contribution in [2.45, 2.75) is 52.2 Å². The first kappa shape index (κ1) is 27.4. The normalized spacial score (nSPS) is 11.4. The van der Waals surface area contributed by atoms with Gasteiger partial charge in [0, 0.05) is 31.4 Å². The van der Waals surface area contributed by atoms with Gasteiger partial charge in [0.05, 0.1) is 24.7 Å². The van der Waals surface area contributed by atoms with Gasteiger partial charge in [-0.05, 0) is 57.9 Å². The van der Waals surface area contributed by atoms with E-state index in [0.29, 0.717) is 55.4 Å². The molecule has 1 aromatic carbocycles. The van der Waals surface area contributed by atoms with E-state index < -0.39 is 17.7 Å². The number of carboxylic acids is 1. The molecule has 0 unspecified atom stereocenters. The van der Waals surface area contributed by atoms with Crippen LogP contribution in [0.3, 0.4) is 0 Å². The molecule has 0 bridgehead atoms. The summed E-state index contributed by atoms with van der Waals surface area (Å²) in [5.41, 5.74) is 2.31. The largest absolute Gasteiger partial charge is 0.494 e. The molecule has 0 saturated carbocycles. The van der Waals surface area contributed by atoms with E-state index in [9.17, 15) is 9.59 Å². The van der Waals surface area contributed by atoms with Crippen molar-refractivity contribution in [2.75, 3.05) is 18.5 Å². The standard InChI is InChI=1S/C26H32N8O5/c1-26(2,3)39-25(37)27-11-5-12-33-16-18(14-30-33)31-24-28-15-21-23(32-24)34(17-29-21)19-7-9-20(10-8-19)38-13-4-6-22(35)36/h7-10,14-17H,4-6,11-13H2,1-3H3,(H,27,37)(H,35,36)(H,28,31,32). The summed E-state index contributed by atoms with van der Waals surface area (Å²) in [6, 6.07) is 7.40. The van der Waals surface area contributed by atoms with Gasteiger partial charge in [0.1, 0.15) is 23.2 Å². The van der Waals surface area contributed by atoms with Crippen LogP contribution in [-0.4, -0.2) is 65.2 Å². The second kappa shape index (κ2) is 12.2. The highest BCUT2D eigenvalue weighted by Crippen LogP contribution is 2.21. The van der Waals surface area contributed by atoms with Crippen molar-refractivity contribution >= 4 is 34.9 Å². The Morgan fingerprint density at radius 2 is 1.87 bits per heavy atom. The Labute approximate surface area is 225 Å². The van der Waals surface area contributed by atoms with Crippen molar-refractivity contribution in [3.8, 4) is 11.4 Å². The van der Waals surface area contributed by atoms with E-state index in [1.54, 1.807) is 23.4 Å². The lowest BCUT2D eigenvalue weighted by atomic mass is 10.2. The summed E-state index contributed by atoms with van der Waals surface area (Å²) in [6.45, 7) is 6.89. The highest BCUT2D eigenvalue weighted by atomic mass is 16.6. The third kappa shape index (κ3) is 8.15. The highest BCUT2D eigenvalue weighted by Gasteiger charge is 2.15. The Morgan fingerprint density at radius 3 is 2.62 bits per heavy atom. The quantitative estimate of drug-likeness (QED) is 0.227. The lowest BCUT2D eigenvalue weighted by Crippen LogP contribution is -2.33. The number of rotatable bonds is 12. The van der Waals surface area contributed by atoms with Crippen molar-refractivity contribution in [3.63, 3.8) is 0 Å². The van der Waals surface area contributed by atoms with Gasteiger partial charge in [0.25, 0.3) is 0 Å². The van der Waals surface area contributed by atoms with Gasteiger partial charge >= 0.3 is 12.1 Å². The van der Waals surface area contributed by atoms with Gasteiger partial charge in [-0.1, -0.05) is 0 Å². The molecule has 39 heavy (non-hydrogen) atoms. The van der Waals surface area contributed by atoms with Crippen LogP contribution in [0.5, 0.6) is 5.75 Å². The van der Waals surface area contributed by atoms with E-state index >= 15 is 0 Å². The molecule has 0 aliphatic carbocycles. The average molecular weight is 537 g/mol. The number of amides is 1. The Bertz CT molecular complexity index is 1410. The Hall–Kier alpha value is -4.68. The first-order chi connectivity index (χ1) is 18.7. The SMILES string of the molecule is CC(C)(C)OC(=O)NCCCn1cc(Nc2ncc3ncn(-c4ccc(OCCCC(=O)O)cc4)c3n2)cn1. The Kier molecular flexibility index (Phi) is 8.59. The number of aromatic nitrogens is 6. The molecule has 1 amide bonds. The number of benzene rings is 1. The van der Waals surface area contributed by atoms with Gasteiger partial charge in [-0.3, -0.25) is 14.0 Å². The number of carbonyl (C=O) groups excluding carboxylic acids is 1. The first-order valence-electron chi connectivity index (χ1n) is 12.6. The maximum absolute atomic E-state index is 11.7. The zero-order valence-electron chi connectivity index (χ0n) is 22.1. The van der Waals surface area contributed by atoms with Crippen LogP contribution < -0.4 is 15.4 Å². The van der Waals surface area contributed by atoms with E-state index in [1.165, 1.54) is 0 Å². The number of carbonyl (C=O) groups is 2. The van der Waals surface area contributed by atoms with E-state index in [2.05, 4.69) is 30.7 Å². The van der Waals surface area contributed by atoms with E-state index in [0.717, 1.165) is 11.4 Å². The van der Waals surface area contributed by atoms with Gasteiger partial charge in [-0.2, -0.15) is 10.1 Å². The molecule has 206 valence electrons. The number of ether oxygens (including phenoxy) is 2. The molecule has 3 N–H and O–H groups in total. The fourth-order valence-corrected chi connectivity index (χ4v) is 3.60. The second-order valence-electron chi connectivity index (χ2n) is 9.76. The summed E-state index contributed by atoms with van der Waals surface area (Å²) >= 11 is 0. The molecule has 0 spiro atoms. The molecule has 0 radical (unpaired) electrons. The topological polar surface area (TPSA) is 158 Å². The molecule has 4 aromatic rings. The van der Waals surface area contributed by atoms with Crippen LogP contribution >= 0.6 is 0 Å². The van der Waals surface area contributed by atoms with Crippen LogP contribution in [0.1, 0.15) is 40.0 Å². The van der Waals surface area contributed by atoms with Gasteiger partial charge < -0.3 is 25.2 Å². The molecule has 13 heteroatoms. The fraction of sp³-hybridized carbons (Fsp3) is 0.385. The van der Waals surface area contributed by atoms with E-state index in [1.807, 2.05) is 55.8 Å². The zero-order valence-corrected chi connectivity index (χ0v) is 22.1. The molecule has 4 rings (SSSR count). The number of carboxylic acid groups (broad SMARTS) is 1. The molecule has 3 heterocycles. The van der Waals surface area contributed by atoms with E-state index in [4.69, 9.17) is 14.6 Å². The van der Waals surface area contributed by atoms with Crippen LogP contribution in [0, 0.1) is 0 Å². The van der Waals surface area contributed by atoms with E-state index in [-0.39, 0.29) is 6.42 Å². The van der Waals surface area contributed by atoms with Crippen molar-refractivity contribution in [1.82, 2.24) is 34.6 Å². The van der Waals surface area contributed by atoms with Crippen LogP contribution in [0.4, 0.5) is 16.4 Å². The summed E-state index contributed by atoms with van der Waals surface area (Å²) in [6.07, 6.45) is 7.62. The smallest absolute Gasteiger partial charge is 0.407 e. The van der Waals surface area contributed by atoms with Crippen molar-refractivity contribution in [2.24, 2.45) is 0 Å². The maximum Gasteiger partial charge on any atom is 0.407 e. The molecule has 0 fully saturated rings. The summed E-state index contributed by atoms with van der Waals surface area (Å²) in [5.74, 6) is 0.215. The Morgan fingerprint density at radius 1 is 1.08 bits per heavy atom. The lowest BCUT2D eigenvalue weighted by molar-refractivity contribution is -0.137. The Balaban J connectivity index is 1.33. The molecule has 0 aliphatic rings.